The van der Waals surface area contributed by atoms with Crippen molar-refractivity contribution in [1.29, 1.82) is 0 Å². The molecule has 106 valence electrons. The summed E-state index contributed by atoms with van der Waals surface area (Å²) in [6.45, 7) is 0. The van der Waals surface area contributed by atoms with Crippen LogP contribution in [0.5, 0.6) is 0 Å². The minimum Gasteiger partial charge on any atom is -0.297 e. The second-order valence-electron chi connectivity index (χ2n) is 5.28. The maximum Gasteiger partial charge on any atom is 0.273 e. The van der Waals surface area contributed by atoms with E-state index in [1.807, 2.05) is 0 Å². The average Bonchev–Trinajstić information content (AvgIpc) is 2.90. The van der Waals surface area contributed by atoms with Crippen LogP contribution in [0.1, 0.15) is 49.9 Å². The first-order valence-electron chi connectivity index (χ1n) is 6.13. The topological polar surface area (TPSA) is 90.9 Å². The summed E-state index contributed by atoms with van der Waals surface area (Å²) >= 11 is 0. The first-order valence-corrected chi connectivity index (χ1v) is 7.68. The van der Waals surface area contributed by atoms with Crippen LogP contribution < -0.4 is 5.14 Å². The predicted octanol–water partition coefficient (Wildman–Crippen LogP) is 1.16. The summed E-state index contributed by atoms with van der Waals surface area (Å²) in [4.78, 5) is 0. The van der Waals surface area contributed by atoms with Gasteiger partial charge in [0.1, 0.15) is 5.82 Å². The van der Waals surface area contributed by atoms with Gasteiger partial charge in [-0.25, -0.2) is 22.3 Å². The molecule has 0 radical (unpaired) electrons. The number of sulfonamides is 1. The summed E-state index contributed by atoms with van der Waals surface area (Å²) in [5, 5.41) is 12.2. The van der Waals surface area contributed by atoms with E-state index in [0.29, 0.717) is 12.2 Å². The van der Waals surface area contributed by atoms with Gasteiger partial charge in [0.15, 0.2) is 0 Å². The van der Waals surface area contributed by atoms with E-state index in [1.54, 1.807) is 0 Å². The van der Waals surface area contributed by atoms with Crippen molar-refractivity contribution >= 4 is 10.0 Å². The molecule has 0 bridgehead atoms. The van der Waals surface area contributed by atoms with Gasteiger partial charge in [0.25, 0.3) is 15.2 Å². The lowest BCUT2D eigenvalue weighted by Gasteiger charge is -2.13. The Balaban J connectivity index is 2.01. The van der Waals surface area contributed by atoms with Gasteiger partial charge in [-0.3, -0.25) is 4.57 Å². The lowest BCUT2D eigenvalue weighted by Crippen LogP contribution is -2.19. The summed E-state index contributed by atoms with van der Waals surface area (Å²) in [5.41, 5.74) is 0. The first-order chi connectivity index (χ1) is 8.78. The molecule has 19 heavy (non-hydrogen) atoms. The molecule has 3 rings (SSSR count). The number of alkyl halides is 2. The Labute approximate surface area is 109 Å². The highest BCUT2D eigenvalue weighted by atomic mass is 32.2. The van der Waals surface area contributed by atoms with E-state index in [9.17, 15) is 17.2 Å². The van der Waals surface area contributed by atoms with Crippen molar-refractivity contribution in [2.45, 2.75) is 55.1 Å². The molecule has 2 saturated carbocycles. The second-order valence-corrected chi connectivity index (χ2v) is 6.74. The molecule has 2 aliphatic carbocycles. The zero-order valence-corrected chi connectivity index (χ0v) is 10.9. The number of halogens is 2. The Hall–Kier alpha value is -1.09. The maximum absolute atomic E-state index is 13.3. The molecule has 0 aromatic carbocycles. The molecule has 1 atom stereocenters. The summed E-state index contributed by atoms with van der Waals surface area (Å²) in [6, 6.07) is -0.0208. The molecule has 2 fully saturated rings. The fourth-order valence-electron chi connectivity index (χ4n) is 2.61. The number of aromatic nitrogens is 3. The highest BCUT2D eigenvalue weighted by Crippen LogP contribution is 2.46. The van der Waals surface area contributed by atoms with Crippen LogP contribution in [-0.2, 0) is 10.0 Å². The van der Waals surface area contributed by atoms with E-state index >= 15 is 0 Å². The highest BCUT2D eigenvalue weighted by Gasteiger charge is 2.44. The number of hydrogen-bond donors (Lipinski definition) is 1. The zero-order valence-electron chi connectivity index (χ0n) is 10.1. The van der Waals surface area contributed by atoms with Crippen molar-refractivity contribution < 1.29 is 17.2 Å². The largest absolute Gasteiger partial charge is 0.297 e. The highest BCUT2D eigenvalue weighted by molar-refractivity contribution is 7.89. The lowest BCUT2D eigenvalue weighted by molar-refractivity contribution is 0.00743. The quantitative estimate of drug-likeness (QED) is 0.905. The Bertz CT molecular complexity index is 609. The fraction of sp³-hybridized carbons (Fsp3) is 0.800. The van der Waals surface area contributed by atoms with E-state index in [1.165, 1.54) is 4.57 Å². The summed E-state index contributed by atoms with van der Waals surface area (Å²) in [5.74, 6) is -2.81. The van der Waals surface area contributed by atoms with Crippen LogP contribution in [0.2, 0.25) is 0 Å². The number of hydrogen-bond acceptors (Lipinski definition) is 4. The molecule has 1 aromatic rings. The zero-order chi connectivity index (χ0) is 13.8. The normalized spacial score (nSPS) is 26.8. The van der Waals surface area contributed by atoms with E-state index < -0.39 is 21.9 Å². The van der Waals surface area contributed by atoms with Crippen molar-refractivity contribution in [1.82, 2.24) is 14.8 Å². The number of nitrogens with two attached hydrogens (primary N) is 1. The van der Waals surface area contributed by atoms with Gasteiger partial charge in [-0.15, -0.1) is 10.2 Å². The van der Waals surface area contributed by atoms with Gasteiger partial charge in [0, 0.05) is 24.8 Å². The van der Waals surface area contributed by atoms with Gasteiger partial charge in [-0.2, -0.15) is 0 Å². The van der Waals surface area contributed by atoms with Crippen molar-refractivity contribution in [3.05, 3.63) is 5.82 Å². The van der Waals surface area contributed by atoms with Crippen LogP contribution in [0.3, 0.4) is 0 Å². The molecule has 0 saturated heterocycles. The van der Waals surface area contributed by atoms with Crippen molar-refractivity contribution in [2.75, 3.05) is 0 Å². The third-order valence-corrected chi connectivity index (χ3v) is 4.41. The third-order valence-electron chi connectivity index (χ3n) is 3.63. The molecule has 2 N–H and O–H groups in total. The van der Waals surface area contributed by atoms with E-state index in [-0.39, 0.29) is 24.0 Å². The standard InChI is InChI=1S/C10H14F2N4O2S/c11-10(12)4-3-6(5-10)8-14-15-9(19(13,17)18)16(8)7-1-2-7/h6-7H,1-5H2,(H2,13,17,18). The summed E-state index contributed by atoms with van der Waals surface area (Å²) in [6.07, 6.45) is 1.40. The average molecular weight is 292 g/mol. The molecule has 1 aromatic heterocycles. The Kier molecular flexibility index (Phi) is 2.69. The summed E-state index contributed by atoms with van der Waals surface area (Å²) < 4.78 is 50.9. The molecule has 1 unspecified atom stereocenters. The van der Waals surface area contributed by atoms with E-state index in [2.05, 4.69) is 10.2 Å². The smallest absolute Gasteiger partial charge is 0.273 e. The van der Waals surface area contributed by atoms with Gasteiger partial charge in [0.2, 0.25) is 5.92 Å². The molecular weight excluding hydrogens is 278 g/mol. The molecule has 9 heteroatoms. The second kappa shape index (κ2) is 3.95. The molecule has 6 nitrogen and oxygen atoms in total. The Morgan fingerprint density at radius 2 is 1.95 bits per heavy atom. The van der Waals surface area contributed by atoms with Crippen LogP contribution in [0, 0.1) is 0 Å². The van der Waals surface area contributed by atoms with Crippen LogP contribution >= 0.6 is 0 Å². The molecule has 2 aliphatic rings. The number of nitrogens with zero attached hydrogens (tertiary/aromatic N) is 3. The summed E-state index contributed by atoms with van der Waals surface area (Å²) in [7, 11) is -3.97. The minimum atomic E-state index is -3.97. The lowest BCUT2D eigenvalue weighted by atomic mass is 10.1. The Morgan fingerprint density at radius 1 is 1.26 bits per heavy atom. The van der Waals surface area contributed by atoms with E-state index in [0.717, 1.165) is 12.8 Å². The van der Waals surface area contributed by atoms with Gasteiger partial charge in [-0.05, 0) is 19.3 Å². The molecule has 0 aliphatic heterocycles. The molecular formula is C10H14F2N4O2S. The molecule has 0 amide bonds. The number of rotatable bonds is 3. The fourth-order valence-corrected chi connectivity index (χ4v) is 3.28. The molecule has 0 spiro atoms. The monoisotopic (exact) mass is 292 g/mol. The van der Waals surface area contributed by atoms with Gasteiger partial charge in [0.05, 0.1) is 0 Å². The van der Waals surface area contributed by atoms with Crippen LogP contribution in [0.15, 0.2) is 5.16 Å². The Morgan fingerprint density at radius 3 is 2.42 bits per heavy atom. The van der Waals surface area contributed by atoms with Gasteiger partial charge < -0.3 is 0 Å². The van der Waals surface area contributed by atoms with Crippen LogP contribution in [0.4, 0.5) is 8.78 Å². The molecule has 1 heterocycles. The number of primary sulfonamides is 1. The van der Waals surface area contributed by atoms with Crippen molar-refractivity contribution in [2.24, 2.45) is 5.14 Å². The first kappa shape index (κ1) is 12.9. The SMILES string of the molecule is NS(=O)(=O)c1nnc(C2CCC(F)(F)C2)n1C1CC1. The predicted molar refractivity (Wildman–Crippen MR) is 61.2 cm³/mol. The maximum atomic E-state index is 13.3. The minimum absolute atomic E-state index is 0.0208. The third kappa shape index (κ3) is 2.36. The van der Waals surface area contributed by atoms with Crippen molar-refractivity contribution in [3.8, 4) is 0 Å². The van der Waals surface area contributed by atoms with Crippen molar-refractivity contribution in [3.63, 3.8) is 0 Å². The van der Waals surface area contributed by atoms with Gasteiger partial charge >= 0.3 is 0 Å². The van der Waals surface area contributed by atoms with Crippen LogP contribution in [-0.4, -0.2) is 29.1 Å². The van der Waals surface area contributed by atoms with E-state index in [4.69, 9.17) is 5.14 Å². The van der Waals surface area contributed by atoms with Gasteiger partial charge in [-0.1, -0.05) is 0 Å². The van der Waals surface area contributed by atoms with Crippen LogP contribution in [0.25, 0.3) is 0 Å².